The van der Waals surface area contributed by atoms with E-state index < -0.39 is 12.4 Å². The van der Waals surface area contributed by atoms with Crippen molar-refractivity contribution in [2.75, 3.05) is 0 Å². The number of halogens is 3. The Morgan fingerprint density at radius 2 is 1.87 bits per heavy atom. The summed E-state index contributed by atoms with van der Waals surface area (Å²) in [5, 5.41) is 12.4. The molecule has 1 aliphatic rings. The highest BCUT2D eigenvalue weighted by molar-refractivity contribution is 5.95. The molecule has 1 amide bonds. The van der Waals surface area contributed by atoms with E-state index in [1.807, 2.05) is 0 Å². The first-order valence-corrected chi connectivity index (χ1v) is 12.1. The number of pyridine rings is 3. The van der Waals surface area contributed by atoms with E-state index in [0.717, 1.165) is 11.6 Å². The molecule has 0 atom stereocenters. The van der Waals surface area contributed by atoms with E-state index in [2.05, 4.69) is 35.2 Å². The number of alkyl halides is 2. The summed E-state index contributed by atoms with van der Waals surface area (Å²) in [6.45, 7) is -2.98. The Kier molecular flexibility index (Phi) is 6.35. The second kappa shape index (κ2) is 10.1. The van der Waals surface area contributed by atoms with Crippen molar-refractivity contribution in [3.8, 4) is 23.0 Å². The first kappa shape index (κ1) is 24.5. The molecule has 1 fully saturated rings. The zero-order valence-corrected chi connectivity index (χ0v) is 20.2. The highest BCUT2D eigenvalue weighted by Gasteiger charge is 2.36. The van der Waals surface area contributed by atoms with E-state index in [1.165, 1.54) is 18.2 Å². The third kappa shape index (κ3) is 4.88. The molecular formula is C27H20F3N7O2. The average molecular weight is 531 g/mol. The Morgan fingerprint density at radius 1 is 1.03 bits per heavy atom. The van der Waals surface area contributed by atoms with Gasteiger partial charge in [0.2, 0.25) is 0 Å². The van der Waals surface area contributed by atoms with Crippen LogP contribution in [0.3, 0.4) is 0 Å². The summed E-state index contributed by atoms with van der Waals surface area (Å²) in [6.07, 6.45) is 5.57. The SMILES string of the molecule is O=C(N[C@H]1C[C@H](c2nnc(-c3ccc(OC(F)F)cn3)n2-c2ccccc2F)C1)c1ccc2cnccc2n1. The maximum absolute atomic E-state index is 14.9. The monoisotopic (exact) mass is 531 g/mol. The minimum Gasteiger partial charge on any atom is -0.433 e. The summed E-state index contributed by atoms with van der Waals surface area (Å²) >= 11 is 0. The van der Waals surface area contributed by atoms with Crippen LogP contribution in [0.2, 0.25) is 0 Å². The van der Waals surface area contributed by atoms with Gasteiger partial charge in [0.25, 0.3) is 5.91 Å². The zero-order valence-electron chi connectivity index (χ0n) is 20.2. The van der Waals surface area contributed by atoms with Crippen LogP contribution in [-0.4, -0.2) is 48.3 Å². The molecule has 5 aromatic rings. The van der Waals surface area contributed by atoms with Gasteiger partial charge >= 0.3 is 6.61 Å². The van der Waals surface area contributed by atoms with Crippen LogP contribution in [0.25, 0.3) is 28.1 Å². The fourth-order valence-electron chi connectivity index (χ4n) is 4.58. The highest BCUT2D eigenvalue weighted by Crippen LogP contribution is 2.39. The zero-order chi connectivity index (χ0) is 26.9. The van der Waals surface area contributed by atoms with Crippen molar-refractivity contribution in [2.45, 2.75) is 31.4 Å². The summed E-state index contributed by atoms with van der Waals surface area (Å²) in [6, 6.07) is 14.0. The average Bonchev–Trinajstić information content (AvgIpc) is 3.34. The van der Waals surface area contributed by atoms with Gasteiger partial charge in [-0.1, -0.05) is 12.1 Å². The predicted octanol–water partition coefficient (Wildman–Crippen LogP) is 4.69. The number of rotatable bonds is 7. The van der Waals surface area contributed by atoms with Crippen LogP contribution in [0.4, 0.5) is 13.2 Å². The van der Waals surface area contributed by atoms with E-state index in [9.17, 15) is 18.0 Å². The number of carbonyl (C=O) groups excluding carboxylic acids is 1. The van der Waals surface area contributed by atoms with Crippen LogP contribution in [0, 0.1) is 5.82 Å². The van der Waals surface area contributed by atoms with Gasteiger partial charge in [-0.05, 0) is 55.3 Å². The van der Waals surface area contributed by atoms with E-state index >= 15 is 0 Å². The molecule has 12 heteroatoms. The lowest BCUT2D eigenvalue weighted by Crippen LogP contribution is -2.44. The van der Waals surface area contributed by atoms with E-state index in [1.54, 1.807) is 53.4 Å². The summed E-state index contributed by atoms with van der Waals surface area (Å²) in [5.41, 5.74) is 1.52. The number of nitrogens with zero attached hydrogens (tertiary/aromatic N) is 6. The molecule has 0 radical (unpaired) electrons. The molecule has 1 saturated carbocycles. The van der Waals surface area contributed by atoms with Gasteiger partial charge in [0.15, 0.2) is 5.82 Å². The Bertz CT molecular complexity index is 1650. The molecule has 4 aromatic heterocycles. The number of ether oxygens (including phenoxy) is 1. The molecule has 4 heterocycles. The molecule has 196 valence electrons. The molecular weight excluding hydrogens is 511 g/mol. The first-order chi connectivity index (χ1) is 19.0. The van der Waals surface area contributed by atoms with Crippen LogP contribution in [0.15, 0.2) is 73.2 Å². The second-order valence-corrected chi connectivity index (χ2v) is 9.03. The summed E-state index contributed by atoms with van der Waals surface area (Å²) in [4.78, 5) is 25.4. The minimum atomic E-state index is -2.98. The Labute approximate surface area is 219 Å². The number of fused-ring (bicyclic) bond motifs is 1. The van der Waals surface area contributed by atoms with Crippen LogP contribution in [-0.2, 0) is 0 Å². The van der Waals surface area contributed by atoms with Crippen LogP contribution in [0.1, 0.15) is 35.1 Å². The Balaban J connectivity index is 1.23. The van der Waals surface area contributed by atoms with Crippen molar-refractivity contribution in [1.29, 1.82) is 0 Å². The van der Waals surface area contributed by atoms with Gasteiger partial charge in [0, 0.05) is 29.7 Å². The molecule has 0 unspecified atom stereocenters. The largest absolute Gasteiger partial charge is 0.433 e. The van der Waals surface area contributed by atoms with Crippen molar-refractivity contribution in [1.82, 2.24) is 35.0 Å². The second-order valence-electron chi connectivity index (χ2n) is 9.03. The van der Waals surface area contributed by atoms with Gasteiger partial charge in [-0.2, -0.15) is 8.78 Å². The number of aromatic nitrogens is 6. The lowest BCUT2D eigenvalue weighted by Gasteiger charge is -2.35. The summed E-state index contributed by atoms with van der Waals surface area (Å²) in [5.74, 6) is -0.245. The van der Waals surface area contributed by atoms with E-state index in [0.29, 0.717) is 35.6 Å². The molecule has 0 aliphatic heterocycles. The van der Waals surface area contributed by atoms with Gasteiger partial charge in [0.1, 0.15) is 28.8 Å². The smallest absolute Gasteiger partial charge is 0.387 e. The first-order valence-electron chi connectivity index (χ1n) is 12.1. The fourth-order valence-corrected chi connectivity index (χ4v) is 4.58. The van der Waals surface area contributed by atoms with Crippen molar-refractivity contribution < 1.29 is 22.7 Å². The van der Waals surface area contributed by atoms with Gasteiger partial charge < -0.3 is 10.1 Å². The van der Waals surface area contributed by atoms with Crippen LogP contribution < -0.4 is 10.1 Å². The van der Waals surface area contributed by atoms with E-state index in [-0.39, 0.29) is 35.1 Å². The number of nitrogens with one attached hydrogen (secondary N) is 1. The third-order valence-electron chi connectivity index (χ3n) is 6.53. The van der Waals surface area contributed by atoms with Crippen molar-refractivity contribution in [3.63, 3.8) is 0 Å². The lowest BCUT2D eigenvalue weighted by atomic mass is 9.79. The van der Waals surface area contributed by atoms with Gasteiger partial charge in [-0.25, -0.2) is 14.4 Å². The standard InChI is InChI=1S/C27H20F3N7O2/c28-19-3-1-2-4-23(19)37-24(35-36-25(37)21-8-6-18(14-32-21)39-27(29)30)16-11-17(12-16)33-26(38)22-7-5-15-13-31-10-9-20(15)34-22/h1-10,13-14,16-17,27H,11-12H2,(H,33,38)/t16-,17-. The highest BCUT2D eigenvalue weighted by atomic mass is 19.3. The molecule has 1 N–H and O–H groups in total. The maximum atomic E-state index is 14.9. The molecule has 0 saturated heterocycles. The number of benzene rings is 1. The molecule has 39 heavy (non-hydrogen) atoms. The van der Waals surface area contributed by atoms with Crippen molar-refractivity contribution in [2.24, 2.45) is 0 Å². The van der Waals surface area contributed by atoms with Crippen LogP contribution >= 0.6 is 0 Å². The van der Waals surface area contributed by atoms with Crippen LogP contribution in [0.5, 0.6) is 5.75 Å². The normalized spacial score (nSPS) is 16.7. The lowest BCUT2D eigenvalue weighted by molar-refractivity contribution is -0.0500. The fraction of sp³-hybridized carbons (Fsp3) is 0.185. The molecule has 6 rings (SSSR count). The van der Waals surface area contributed by atoms with Crippen molar-refractivity contribution in [3.05, 3.63) is 90.5 Å². The van der Waals surface area contributed by atoms with Gasteiger partial charge in [-0.15, -0.1) is 10.2 Å². The summed E-state index contributed by atoms with van der Waals surface area (Å²) in [7, 11) is 0. The topological polar surface area (TPSA) is 108 Å². The molecule has 0 bridgehead atoms. The molecule has 1 aliphatic carbocycles. The van der Waals surface area contributed by atoms with E-state index in [4.69, 9.17) is 0 Å². The quantitative estimate of drug-likeness (QED) is 0.325. The number of para-hydroxylation sites is 1. The number of amides is 1. The van der Waals surface area contributed by atoms with Crippen molar-refractivity contribution >= 4 is 16.8 Å². The Hall–Kier alpha value is -4.87. The molecule has 1 aromatic carbocycles. The molecule has 0 spiro atoms. The predicted molar refractivity (Wildman–Crippen MR) is 134 cm³/mol. The summed E-state index contributed by atoms with van der Waals surface area (Å²) < 4.78 is 45.9. The van der Waals surface area contributed by atoms with Gasteiger partial charge in [0.05, 0.1) is 17.4 Å². The molecule has 9 nitrogen and oxygen atoms in total. The maximum Gasteiger partial charge on any atom is 0.387 e. The number of hydrogen-bond acceptors (Lipinski definition) is 7. The van der Waals surface area contributed by atoms with Gasteiger partial charge in [-0.3, -0.25) is 14.3 Å². The Morgan fingerprint density at radius 3 is 2.64 bits per heavy atom. The number of hydrogen-bond donors (Lipinski definition) is 1. The minimum absolute atomic E-state index is 0.110. The number of carbonyl (C=O) groups is 1. The third-order valence-corrected chi connectivity index (χ3v) is 6.53.